The van der Waals surface area contributed by atoms with Crippen LogP contribution in [0.15, 0.2) is 24.3 Å². The van der Waals surface area contributed by atoms with Gasteiger partial charge in [-0.1, -0.05) is 0 Å². The van der Waals surface area contributed by atoms with Gasteiger partial charge >= 0.3 is 0 Å². The standard InChI is InChI=1S/C11H12O3/c1-3-14-10-6-4-9(5-7-10)11(13)8(2)12/h4-7H,3H2,1-2H3. The van der Waals surface area contributed by atoms with Crippen molar-refractivity contribution in [1.29, 1.82) is 0 Å². The van der Waals surface area contributed by atoms with Crippen LogP contribution in [-0.4, -0.2) is 18.2 Å². The zero-order valence-electron chi connectivity index (χ0n) is 8.24. The fourth-order valence-electron chi connectivity index (χ4n) is 1.07. The summed E-state index contributed by atoms with van der Waals surface area (Å²) in [6.07, 6.45) is 0. The van der Waals surface area contributed by atoms with Gasteiger partial charge in [0.15, 0.2) is 5.78 Å². The summed E-state index contributed by atoms with van der Waals surface area (Å²) < 4.78 is 5.20. The third kappa shape index (κ3) is 2.42. The zero-order chi connectivity index (χ0) is 10.6. The highest BCUT2D eigenvalue weighted by Crippen LogP contribution is 2.12. The van der Waals surface area contributed by atoms with Gasteiger partial charge in [-0.05, 0) is 31.2 Å². The average molecular weight is 192 g/mol. The fourth-order valence-corrected chi connectivity index (χ4v) is 1.07. The molecule has 0 heterocycles. The second-order valence-electron chi connectivity index (χ2n) is 2.84. The minimum atomic E-state index is -0.465. The lowest BCUT2D eigenvalue weighted by atomic mass is 10.1. The number of ether oxygens (including phenoxy) is 1. The lowest BCUT2D eigenvalue weighted by Gasteiger charge is -2.02. The number of rotatable bonds is 4. The molecule has 1 aromatic rings. The van der Waals surface area contributed by atoms with Crippen molar-refractivity contribution in [2.75, 3.05) is 6.61 Å². The normalized spacial score (nSPS) is 9.57. The number of hydrogen-bond acceptors (Lipinski definition) is 3. The van der Waals surface area contributed by atoms with Gasteiger partial charge in [-0.15, -0.1) is 0 Å². The Bertz CT molecular complexity index is 338. The SMILES string of the molecule is CCOc1ccc(C(=O)C(C)=O)cc1. The highest BCUT2D eigenvalue weighted by Gasteiger charge is 2.10. The van der Waals surface area contributed by atoms with Crippen LogP contribution in [0.5, 0.6) is 5.75 Å². The van der Waals surface area contributed by atoms with Gasteiger partial charge in [-0.25, -0.2) is 0 Å². The highest BCUT2D eigenvalue weighted by atomic mass is 16.5. The van der Waals surface area contributed by atoms with Crippen LogP contribution in [0, 0.1) is 0 Å². The molecule has 0 aromatic heterocycles. The molecule has 3 nitrogen and oxygen atoms in total. The Hall–Kier alpha value is -1.64. The van der Waals surface area contributed by atoms with Crippen molar-refractivity contribution < 1.29 is 14.3 Å². The van der Waals surface area contributed by atoms with Crippen molar-refractivity contribution >= 4 is 11.6 Å². The second kappa shape index (κ2) is 4.56. The van der Waals surface area contributed by atoms with E-state index >= 15 is 0 Å². The molecule has 0 atom stereocenters. The van der Waals surface area contributed by atoms with Crippen LogP contribution < -0.4 is 4.74 Å². The molecule has 0 fully saturated rings. The summed E-state index contributed by atoms with van der Waals surface area (Å²) >= 11 is 0. The quantitative estimate of drug-likeness (QED) is 0.540. The van der Waals surface area contributed by atoms with E-state index in [-0.39, 0.29) is 0 Å². The van der Waals surface area contributed by atoms with Crippen molar-refractivity contribution in [2.45, 2.75) is 13.8 Å². The Morgan fingerprint density at radius 2 is 1.79 bits per heavy atom. The topological polar surface area (TPSA) is 43.4 Å². The van der Waals surface area contributed by atoms with Gasteiger partial charge in [-0.3, -0.25) is 9.59 Å². The third-order valence-electron chi connectivity index (χ3n) is 1.75. The van der Waals surface area contributed by atoms with Gasteiger partial charge in [0.25, 0.3) is 0 Å². The molecule has 0 aliphatic rings. The molecule has 14 heavy (non-hydrogen) atoms. The van der Waals surface area contributed by atoms with Gasteiger partial charge in [0.2, 0.25) is 5.78 Å². The highest BCUT2D eigenvalue weighted by molar-refractivity contribution is 6.42. The van der Waals surface area contributed by atoms with Crippen molar-refractivity contribution in [2.24, 2.45) is 0 Å². The molecule has 0 aliphatic heterocycles. The predicted octanol–water partition coefficient (Wildman–Crippen LogP) is 1.86. The molecule has 0 saturated carbocycles. The molecule has 0 unspecified atom stereocenters. The van der Waals surface area contributed by atoms with E-state index in [0.717, 1.165) is 0 Å². The molecule has 0 saturated heterocycles. The molecule has 0 bridgehead atoms. The molecule has 0 N–H and O–H groups in total. The van der Waals surface area contributed by atoms with E-state index in [9.17, 15) is 9.59 Å². The van der Waals surface area contributed by atoms with Crippen LogP contribution in [0.25, 0.3) is 0 Å². The van der Waals surface area contributed by atoms with E-state index in [1.165, 1.54) is 6.92 Å². The first-order chi connectivity index (χ1) is 6.65. The molecule has 0 aliphatic carbocycles. The van der Waals surface area contributed by atoms with E-state index in [2.05, 4.69) is 0 Å². The van der Waals surface area contributed by atoms with Crippen molar-refractivity contribution in [3.63, 3.8) is 0 Å². The van der Waals surface area contributed by atoms with E-state index < -0.39 is 11.6 Å². The number of carbonyl (C=O) groups is 2. The summed E-state index contributed by atoms with van der Waals surface area (Å²) in [5.74, 6) is -0.213. The number of carbonyl (C=O) groups excluding carboxylic acids is 2. The van der Waals surface area contributed by atoms with Crippen LogP contribution in [0.4, 0.5) is 0 Å². The Morgan fingerprint density at radius 1 is 1.21 bits per heavy atom. The molecule has 1 rings (SSSR count). The van der Waals surface area contributed by atoms with Crippen LogP contribution in [0.3, 0.4) is 0 Å². The molecular weight excluding hydrogens is 180 g/mol. The summed E-state index contributed by atoms with van der Waals surface area (Å²) in [6, 6.07) is 6.54. The summed E-state index contributed by atoms with van der Waals surface area (Å²) in [6.45, 7) is 3.73. The van der Waals surface area contributed by atoms with Gasteiger partial charge < -0.3 is 4.74 Å². The largest absolute Gasteiger partial charge is 0.494 e. The Morgan fingerprint density at radius 3 is 2.21 bits per heavy atom. The van der Waals surface area contributed by atoms with Crippen LogP contribution in [0.1, 0.15) is 24.2 Å². The molecular formula is C11H12O3. The lowest BCUT2D eigenvalue weighted by Crippen LogP contribution is -2.09. The maximum absolute atomic E-state index is 11.2. The van der Waals surface area contributed by atoms with Crippen LogP contribution in [0.2, 0.25) is 0 Å². The summed E-state index contributed by atoms with van der Waals surface area (Å²) in [5.41, 5.74) is 0.404. The van der Waals surface area contributed by atoms with E-state index in [0.29, 0.717) is 17.9 Å². The van der Waals surface area contributed by atoms with Gasteiger partial charge in [0, 0.05) is 12.5 Å². The average Bonchev–Trinajstić information content (AvgIpc) is 2.18. The van der Waals surface area contributed by atoms with Crippen molar-refractivity contribution in [3.05, 3.63) is 29.8 Å². The third-order valence-corrected chi connectivity index (χ3v) is 1.75. The number of Topliss-reactive ketones (excluding diaryl/α,β-unsaturated/α-hetero) is 2. The van der Waals surface area contributed by atoms with E-state index in [1.54, 1.807) is 24.3 Å². The Kier molecular flexibility index (Phi) is 3.40. The smallest absolute Gasteiger partial charge is 0.228 e. The monoisotopic (exact) mass is 192 g/mol. The maximum atomic E-state index is 11.2. The Labute approximate surface area is 82.7 Å². The number of benzene rings is 1. The van der Waals surface area contributed by atoms with Crippen LogP contribution >= 0.6 is 0 Å². The summed E-state index contributed by atoms with van der Waals surface area (Å²) in [4.78, 5) is 22.0. The number of ketones is 2. The Balaban J connectivity index is 2.83. The summed E-state index contributed by atoms with van der Waals surface area (Å²) in [7, 11) is 0. The maximum Gasteiger partial charge on any atom is 0.228 e. The molecule has 0 amide bonds. The van der Waals surface area contributed by atoms with Gasteiger partial charge in [-0.2, -0.15) is 0 Å². The lowest BCUT2D eigenvalue weighted by molar-refractivity contribution is -0.113. The molecule has 3 heteroatoms. The summed E-state index contributed by atoms with van der Waals surface area (Å²) in [5, 5.41) is 0. The van der Waals surface area contributed by atoms with E-state index in [4.69, 9.17) is 4.74 Å². The minimum absolute atomic E-state index is 0.404. The minimum Gasteiger partial charge on any atom is -0.494 e. The van der Waals surface area contributed by atoms with Crippen molar-refractivity contribution in [3.8, 4) is 5.75 Å². The fraction of sp³-hybridized carbons (Fsp3) is 0.273. The molecule has 1 aromatic carbocycles. The molecule has 0 radical (unpaired) electrons. The zero-order valence-corrected chi connectivity index (χ0v) is 8.24. The number of hydrogen-bond donors (Lipinski definition) is 0. The van der Waals surface area contributed by atoms with Gasteiger partial charge in [0.05, 0.1) is 6.61 Å². The molecule has 74 valence electrons. The predicted molar refractivity (Wildman–Crippen MR) is 52.6 cm³/mol. The second-order valence-corrected chi connectivity index (χ2v) is 2.84. The van der Waals surface area contributed by atoms with Gasteiger partial charge in [0.1, 0.15) is 5.75 Å². The molecule has 0 spiro atoms. The first kappa shape index (κ1) is 10.4. The van der Waals surface area contributed by atoms with E-state index in [1.807, 2.05) is 6.92 Å². The first-order valence-electron chi connectivity index (χ1n) is 4.43. The van der Waals surface area contributed by atoms with Crippen molar-refractivity contribution in [1.82, 2.24) is 0 Å². The van der Waals surface area contributed by atoms with Crippen LogP contribution in [-0.2, 0) is 4.79 Å². The first-order valence-corrected chi connectivity index (χ1v) is 4.43.